The normalized spacial score (nSPS) is 20.4. The first-order valence-corrected chi connectivity index (χ1v) is 8.78. The number of hydrogen-bond donors (Lipinski definition) is 1. The van der Waals surface area contributed by atoms with Crippen LogP contribution in [0.15, 0.2) is 35.2 Å². The van der Waals surface area contributed by atoms with Crippen LogP contribution in [-0.2, 0) is 14.3 Å². The second kappa shape index (κ2) is 7.81. The number of amides is 3. The maximum atomic E-state index is 12.4. The number of morpholine rings is 1. The van der Waals surface area contributed by atoms with E-state index in [0.29, 0.717) is 32.0 Å². The number of carbonyl (C=O) groups is 3. The number of imide groups is 1. The van der Waals surface area contributed by atoms with Crippen LogP contribution < -0.4 is 5.32 Å². The zero-order chi connectivity index (χ0) is 17.8. The second-order valence-corrected chi connectivity index (χ2v) is 6.83. The van der Waals surface area contributed by atoms with Crippen molar-refractivity contribution in [1.29, 1.82) is 0 Å². The Labute approximate surface area is 150 Å². The fourth-order valence-corrected chi connectivity index (χ4v) is 3.30. The molecule has 25 heavy (non-hydrogen) atoms. The Bertz CT molecular complexity index is 711. The minimum atomic E-state index is -0.430. The van der Waals surface area contributed by atoms with Gasteiger partial charge in [0.25, 0.3) is 11.1 Å². The minimum Gasteiger partial charge on any atom is -0.379 e. The molecule has 1 N–H and O–H groups in total. The van der Waals surface area contributed by atoms with Crippen molar-refractivity contribution in [2.24, 2.45) is 0 Å². The van der Waals surface area contributed by atoms with Crippen molar-refractivity contribution in [3.8, 4) is 0 Å². The van der Waals surface area contributed by atoms with Gasteiger partial charge < -0.3 is 10.1 Å². The summed E-state index contributed by atoms with van der Waals surface area (Å²) in [5.74, 6) is -0.860. The average Bonchev–Trinajstić information content (AvgIpc) is 2.85. The fourth-order valence-electron chi connectivity index (χ4n) is 2.50. The molecular formula is C17H19N3O4S. The highest BCUT2D eigenvalue weighted by Crippen LogP contribution is 2.30. The van der Waals surface area contributed by atoms with Gasteiger partial charge in [-0.1, -0.05) is 17.7 Å². The van der Waals surface area contributed by atoms with Crippen LogP contribution in [0.3, 0.4) is 0 Å². The summed E-state index contributed by atoms with van der Waals surface area (Å²) in [5, 5.41) is 2.33. The lowest BCUT2D eigenvalue weighted by Gasteiger charge is -2.29. The van der Waals surface area contributed by atoms with Crippen molar-refractivity contribution in [1.82, 2.24) is 9.80 Å². The number of ether oxygens (including phenoxy) is 1. The summed E-state index contributed by atoms with van der Waals surface area (Å²) in [6, 6.07) is 7.33. The SMILES string of the molecule is Cc1ccc(NC(=O)/C=C2/SC(=O)N(CN3CCOCC3)C2=O)cc1. The van der Waals surface area contributed by atoms with E-state index in [9.17, 15) is 14.4 Å². The number of nitrogens with one attached hydrogen (secondary N) is 1. The summed E-state index contributed by atoms with van der Waals surface area (Å²) in [6.45, 7) is 4.71. The molecule has 0 radical (unpaired) electrons. The summed E-state index contributed by atoms with van der Waals surface area (Å²) in [6.07, 6.45) is 1.18. The Morgan fingerprint density at radius 3 is 2.60 bits per heavy atom. The molecule has 2 fully saturated rings. The van der Waals surface area contributed by atoms with Crippen molar-refractivity contribution in [2.75, 3.05) is 38.3 Å². The number of anilines is 1. The van der Waals surface area contributed by atoms with Crippen molar-refractivity contribution < 1.29 is 19.1 Å². The van der Waals surface area contributed by atoms with Crippen LogP contribution in [0.1, 0.15) is 5.56 Å². The van der Waals surface area contributed by atoms with Gasteiger partial charge in [0.2, 0.25) is 5.91 Å². The molecule has 2 saturated heterocycles. The van der Waals surface area contributed by atoms with E-state index in [2.05, 4.69) is 5.32 Å². The molecule has 1 aromatic rings. The van der Waals surface area contributed by atoms with E-state index in [4.69, 9.17) is 4.74 Å². The molecule has 0 saturated carbocycles. The Morgan fingerprint density at radius 2 is 1.92 bits per heavy atom. The second-order valence-electron chi connectivity index (χ2n) is 5.84. The quantitative estimate of drug-likeness (QED) is 0.824. The van der Waals surface area contributed by atoms with Gasteiger partial charge in [0.05, 0.1) is 24.8 Å². The van der Waals surface area contributed by atoms with Crippen LogP contribution in [0, 0.1) is 6.92 Å². The van der Waals surface area contributed by atoms with Crippen molar-refractivity contribution in [3.05, 3.63) is 40.8 Å². The molecule has 1 aromatic carbocycles. The van der Waals surface area contributed by atoms with Gasteiger partial charge in [-0.25, -0.2) is 0 Å². The molecule has 2 aliphatic heterocycles. The molecule has 0 aromatic heterocycles. The van der Waals surface area contributed by atoms with Gasteiger partial charge in [0.1, 0.15) is 0 Å². The van der Waals surface area contributed by atoms with E-state index in [-0.39, 0.29) is 16.8 Å². The molecule has 0 atom stereocenters. The van der Waals surface area contributed by atoms with Gasteiger partial charge in [0.15, 0.2) is 0 Å². The summed E-state index contributed by atoms with van der Waals surface area (Å²) in [5.41, 5.74) is 1.72. The average molecular weight is 361 g/mol. The van der Waals surface area contributed by atoms with Crippen LogP contribution in [0.2, 0.25) is 0 Å². The Morgan fingerprint density at radius 1 is 1.24 bits per heavy atom. The van der Waals surface area contributed by atoms with Crippen molar-refractivity contribution in [2.45, 2.75) is 6.92 Å². The Balaban J connectivity index is 1.62. The molecule has 132 valence electrons. The fraction of sp³-hybridized carbons (Fsp3) is 0.353. The third-order valence-electron chi connectivity index (χ3n) is 3.90. The lowest BCUT2D eigenvalue weighted by Crippen LogP contribution is -2.45. The lowest BCUT2D eigenvalue weighted by atomic mass is 10.2. The number of nitrogens with zero attached hydrogens (tertiary/aromatic N) is 2. The molecule has 0 bridgehead atoms. The Kier molecular flexibility index (Phi) is 5.52. The third-order valence-corrected chi connectivity index (χ3v) is 4.81. The van der Waals surface area contributed by atoms with Gasteiger partial charge >= 0.3 is 0 Å². The van der Waals surface area contributed by atoms with Gasteiger partial charge in [-0.3, -0.25) is 24.2 Å². The zero-order valence-electron chi connectivity index (χ0n) is 13.9. The number of rotatable bonds is 4. The molecule has 3 rings (SSSR count). The highest BCUT2D eigenvalue weighted by atomic mass is 32.2. The van der Waals surface area contributed by atoms with Crippen LogP contribution >= 0.6 is 11.8 Å². The number of carbonyl (C=O) groups excluding carboxylic acids is 3. The number of hydrogen-bond acceptors (Lipinski definition) is 6. The molecule has 7 nitrogen and oxygen atoms in total. The van der Waals surface area contributed by atoms with Crippen molar-refractivity contribution >= 4 is 34.5 Å². The first-order chi connectivity index (χ1) is 12.0. The van der Waals surface area contributed by atoms with E-state index in [1.807, 2.05) is 24.0 Å². The summed E-state index contributed by atoms with van der Waals surface area (Å²) >= 11 is 0.791. The third kappa shape index (κ3) is 4.47. The minimum absolute atomic E-state index is 0.142. The number of benzene rings is 1. The molecule has 3 amide bonds. The van der Waals surface area contributed by atoms with Gasteiger partial charge in [-0.05, 0) is 30.8 Å². The smallest absolute Gasteiger partial charge is 0.294 e. The van der Waals surface area contributed by atoms with Crippen LogP contribution in [0.4, 0.5) is 10.5 Å². The Hall–Kier alpha value is -2.16. The van der Waals surface area contributed by atoms with E-state index in [1.54, 1.807) is 12.1 Å². The molecule has 0 spiro atoms. The van der Waals surface area contributed by atoms with E-state index >= 15 is 0 Å². The predicted octanol–water partition coefficient (Wildman–Crippen LogP) is 1.80. The summed E-state index contributed by atoms with van der Waals surface area (Å²) in [7, 11) is 0. The maximum absolute atomic E-state index is 12.4. The van der Waals surface area contributed by atoms with Crippen LogP contribution in [0.5, 0.6) is 0 Å². The summed E-state index contributed by atoms with van der Waals surface area (Å²) in [4.78, 5) is 39.9. The first-order valence-electron chi connectivity index (χ1n) is 7.96. The lowest BCUT2D eigenvalue weighted by molar-refractivity contribution is -0.125. The highest BCUT2D eigenvalue weighted by Gasteiger charge is 2.36. The van der Waals surface area contributed by atoms with Crippen LogP contribution in [-0.4, -0.2) is 59.8 Å². The maximum Gasteiger partial charge on any atom is 0.294 e. The predicted molar refractivity (Wildman–Crippen MR) is 95.0 cm³/mol. The molecule has 2 aliphatic rings. The zero-order valence-corrected chi connectivity index (χ0v) is 14.7. The number of aryl methyl sites for hydroxylation is 1. The van der Waals surface area contributed by atoms with Crippen LogP contribution in [0.25, 0.3) is 0 Å². The van der Waals surface area contributed by atoms with Gasteiger partial charge in [-0.2, -0.15) is 0 Å². The molecule has 8 heteroatoms. The largest absolute Gasteiger partial charge is 0.379 e. The van der Waals surface area contributed by atoms with E-state index < -0.39 is 11.8 Å². The van der Waals surface area contributed by atoms with E-state index in [1.165, 1.54) is 11.0 Å². The number of thioether (sulfide) groups is 1. The monoisotopic (exact) mass is 361 g/mol. The van der Waals surface area contributed by atoms with Crippen molar-refractivity contribution in [3.63, 3.8) is 0 Å². The van der Waals surface area contributed by atoms with E-state index in [0.717, 1.165) is 17.3 Å². The topological polar surface area (TPSA) is 79.0 Å². The molecular weight excluding hydrogens is 342 g/mol. The standard InChI is InChI=1S/C17H19N3O4S/c1-12-2-4-13(5-3-12)18-15(21)10-14-16(22)20(17(23)25-14)11-19-6-8-24-9-7-19/h2-5,10H,6-9,11H2,1H3,(H,18,21)/b14-10+. The first kappa shape index (κ1) is 17.7. The molecule has 0 unspecified atom stereocenters. The molecule has 2 heterocycles. The van der Waals surface area contributed by atoms with Gasteiger partial charge in [-0.15, -0.1) is 0 Å². The highest BCUT2D eigenvalue weighted by molar-refractivity contribution is 8.18. The molecule has 0 aliphatic carbocycles. The van der Waals surface area contributed by atoms with Gasteiger partial charge in [0, 0.05) is 24.9 Å². The summed E-state index contributed by atoms with van der Waals surface area (Å²) < 4.78 is 5.26.